The van der Waals surface area contributed by atoms with Gasteiger partial charge in [0.2, 0.25) is 0 Å². The number of nitrogens with two attached hydrogens (primary N) is 1. The summed E-state index contributed by atoms with van der Waals surface area (Å²) >= 11 is 2.16. The van der Waals surface area contributed by atoms with Crippen molar-refractivity contribution in [2.45, 2.75) is 18.6 Å². The molecule has 1 aliphatic carbocycles. The number of anilines is 1. The van der Waals surface area contributed by atoms with Gasteiger partial charge < -0.3 is 10.8 Å². The highest BCUT2D eigenvalue weighted by molar-refractivity contribution is 14.1. The van der Waals surface area contributed by atoms with E-state index in [9.17, 15) is 5.11 Å². The van der Waals surface area contributed by atoms with E-state index in [0.717, 1.165) is 14.6 Å². The van der Waals surface area contributed by atoms with E-state index in [1.54, 1.807) is 12.3 Å². The number of hydrogen-bond acceptors (Lipinski definition) is 4. The Kier molecular flexibility index (Phi) is 2.55. The summed E-state index contributed by atoms with van der Waals surface area (Å²) in [6.07, 6.45) is 5.74. The van der Waals surface area contributed by atoms with E-state index in [1.165, 1.54) is 0 Å². The first-order chi connectivity index (χ1) is 8.16. The molecule has 2 aromatic rings. The van der Waals surface area contributed by atoms with Crippen molar-refractivity contribution in [2.24, 2.45) is 0 Å². The van der Waals surface area contributed by atoms with Crippen LogP contribution in [0.2, 0.25) is 0 Å². The van der Waals surface area contributed by atoms with Crippen LogP contribution in [0.5, 0.6) is 0 Å². The lowest BCUT2D eigenvalue weighted by Gasteiger charge is -2.10. The zero-order chi connectivity index (χ0) is 12.0. The van der Waals surface area contributed by atoms with Gasteiger partial charge >= 0.3 is 0 Å². The highest BCUT2D eigenvalue weighted by Gasteiger charge is 2.22. The second-order valence-electron chi connectivity index (χ2n) is 4.08. The predicted molar refractivity (Wildman–Crippen MR) is 73.5 cm³/mol. The molecule has 3 rings (SSSR count). The molecular formula is C11H11IN4O. The summed E-state index contributed by atoms with van der Waals surface area (Å²) < 4.78 is 2.75. The van der Waals surface area contributed by atoms with Crippen molar-refractivity contribution in [2.75, 3.05) is 5.73 Å². The van der Waals surface area contributed by atoms with Crippen LogP contribution in [0.4, 0.5) is 5.82 Å². The van der Waals surface area contributed by atoms with E-state index >= 15 is 0 Å². The van der Waals surface area contributed by atoms with Gasteiger partial charge in [-0.2, -0.15) is 5.10 Å². The van der Waals surface area contributed by atoms with Crippen molar-refractivity contribution < 1.29 is 5.11 Å². The lowest BCUT2D eigenvalue weighted by Crippen LogP contribution is -2.09. The summed E-state index contributed by atoms with van der Waals surface area (Å²) in [7, 11) is 0. The predicted octanol–water partition coefficient (Wildman–Crippen LogP) is 1.48. The zero-order valence-electron chi connectivity index (χ0n) is 8.92. The molecule has 0 radical (unpaired) electrons. The van der Waals surface area contributed by atoms with Gasteiger partial charge in [-0.25, -0.2) is 4.98 Å². The molecule has 0 amide bonds. The molecule has 2 aromatic heterocycles. The Labute approximate surface area is 111 Å². The Hall–Kier alpha value is -1.15. The third kappa shape index (κ3) is 1.71. The molecule has 17 heavy (non-hydrogen) atoms. The minimum Gasteiger partial charge on any atom is -0.389 e. The quantitative estimate of drug-likeness (QED) is 0.608. The number of halogens is 1. The van der Waals surface area contributed by atoms with Crippen LogP contribution in [-0.4, -0.2) is 26.0 Å². The molecular weight excluding hydrogens is 331 g/mol. The molecule has 5 nitrogen and oxygen atoms in total. The van der Waals surface area contributed by atoms with E-state index in [2.05, 4.69) is 32.7 Å². The molecule has 0 saturated heterocycles. The maximum atomic E-state index is 9.53. The normalized spacial score (nSPS) is 23.6. The topological polar surface area (TPSA) is 77.0 Å². The van der Waals surface area contributed by atoms with Gasteiger partial charge in [0.05, 0.1) is 23.0 Å². The summed E-state index contributed by atoms with van der Waals surface area (Å²) in [5, 5.41) is 14.9. The highest BCUT2D eigenvalue weighted by atomic mass is 127. The third-order valence-corrected chi connectivity index (χ3v) is 3.71. The Morgan fingerprint density at radius 1 is 1.47 bits per heavy atom. The van der Waals surface area contributed by atoms with Crippen LogP contribution >= 0.6 is 22.6 Å². The van der Waals surface area contributed by atoms with E-state index < -0.39 is 0 Å². The van der Waals surface area contributed by atoms with Gasteiger partial charge in [-0.1, -0.05) is 12.2 Å². The van der Waals surface area contributed by atoms with Crippen LogP contribution in [0.25, 0.3) is 10.9 Å². The van der Waals surface area contributed by atoms with Gasteiger partial charge in [0.15, 0.2) is 0 Å². The van der Waals surface area contributed by atoms with Gasteiger partial charge in [-0.15, -0.1) is 0 Å². The van der Waals surface area contributed by atoms with Crippen molar-refractivity contribution in [3.05, 3.63) is 28.1 Å². The number of allylic oxidation sites excluding steroid dienone is 1. The lowest BCUT2D eigenvalue weighted by molar-refractivity contribution is 0.209. The van der Waals surface area contributed by atoms with Crippen molar-refractivity contribution in [1.82, 2.24) is 14.8 Å². The van der Waals surface area contributed by atoms with Crippen LogP contribution in [-0.2, 0) is 0 Å². The molecule has 0 aliphatic heterocycles. The van der Waals surface area contributed by atoms with E-state index in [4.69, 9.17) is 5.73 Å². The van der Waals surface area contributed by atoms with Crippen molar-refractivity contribution >= 4 is 39.3 Å². The fraction of sp³-hybridized carbons (Fsp3) is 0.273. The summed E-state index contributed by atoms with van der Waals surface area (Å²) in [5.41, 5.74) is 6.82. The molecule has 1 aliphatic rings. The van der Waals surface area contributed by atoms with Gasteiger partial charge in [-0.05, 0) is 28.7 Å². The van der Waals surface area contributed by atoms with Crippen LogP contribution in [0.3, 0.4) is 0 Å². The maximum Gasteiger partial charge on any atom is 0.135 e. The molecule has 3 N–H and O–H groups in total. The minimum absolute atomic E-state index is 0.0952. The number of aliphatic hydroxyl groups is 1. The standard InChI is InChI=1S/C11H11IN4O/c12-10-9-8(3-4-14-11(9)13)16(15-10)6-1-2-7(17)5-6/h1-4,6-7,17H,5H2,(H2,13,14). The Morgan fingerprint density at radius 3 is 3.00 bits per heavy atom. The van der Waals surface area contributed by atoms with Crippen LogP contribution in [0.1, 0.15) is 12.5 Å². The number of fused-ring (bicyclic) bond motifs is 1. The number of pyridine rings is 1. The van der Waals surface area contributed by atoms with E-state index in [0.29, 0.717) is 12.2 Å². The average molecular weight is 342 g/mol. The monoisotopic (exact) mass is 342 g/mol. The molecule has 2 unspecified atom stereocenters. The number of aliphatic hydroxyl groups excluding tert-OH is 1. The first-order valence-electron chi connectivity index (χ1n) is 5.31. The van der Waals surface area contributed by atoms with Crippen molar-refractivity contribution in [3.63, 3.8) is 0 Å². The summed E-state index contributed by atoms with van der Waals surface area (Å²) in [6, 6.07) is 2.00. The van der Waals surface area contributed by atoms with Gasteiger partial charge in [-0.3, -0.25) is 4.68 Å². The van der Waals surface area contributed by atoms with E-state index in [1.807, 2.05) is 16.8 Å². The zero-order valence-corrected chi connectivity index (χ0v) is 11.1. The van der Waals surface area contributed by atoms with Crippen molar-refractivity contribution in [1.29, 1.82) is 0 Å². The summed E-state index contributed by atoms with van der Waals surface area (Å²) in [4.78, 5) is 4.08. The Balaban J connectivity index is 2.18. The molecule has 0 saturated carbocycles. The molecule has 2 heterocycles. The second-order valence-corrected chi connectivity index (χ2v) is 5.10. The van der Waals surface area contributed by atoms with E-state index in [-0.39, 0.29) is 12.1 Å². The fourth-order valence-corrected chi connectivity index (χ4v) is 2.95. The van der Waals surface area contributed by atoms with Crippen LogP contribution < -0.4 is 5.73 Å². The number of nitrogens with zero attached hydrogens (tertiary/aromatic N) is 3. The number of hydrogen-bond donors (Lipinski definition) is 2. The average Bonchev–Trinajstić information content (AvgIpc) is 2.84. The summed E-state index contributed by atoms with van der Waals surface area (Å²) in [5.74, 6) is 0.501. The molecule has 0 aromatic carbocycles. The molecule has 0 spiro atoms. The van der Waals surface area contributed by atoms with Gasteiger partial charge in [0, 0.05) is 12.6 Å². The SMILES string of the molecule is Nc1nccc2c1c(I)nn2C1C=CC(O)C1. The van der Waals surface area contributed by atoms with Crippen LogP contribution in [0.15, 0.2) is 24.4 Å². The van der Waals surface area contributed by atoms with Gasteiger partial charge in [0.25, 0.3) is 0 Å². The smallest absolute Gasteiger partial charge is 0.135 e. The second kappa shape index (κ2) is 3.95. The maximum absolute atomic E-state index is 9.53. The largest absolute Gasteiger partial charge is 0.389 e. The lowest BCUT2D eigenvalue weighted by atomic mass is 10.2. The summed E-state index contributed by atoms with van der Waals surface area (Å²) in [6.45, 7) is 0. The molecule has 6 heteroatoms. The van der Waals surface area contributed by atoms with Gasteiger partial charge in [0.1, 0.15) is 9.52 Å². The Bertz CT molecular complexity index is 607. The fourth-order valence-electron chi connectivity index (χ4n) is 2.16. The molecule has 88 valence electrons. The highest BCUT2D eigenvalue weighted by Crippen LogP contribution is 2.30. The minimum atomic E-state index is -0.379. The molecule has 0 bridgehead atoms. The van der Waals surface area contributed by atoms with Crippen LogP contribution in [0, 0.1) is 3.70 Å². The number of nitrogen functional groups attached to an aromatic ring is 1. The number of aromatic nitrogens is 3. The third-order valence-electron chi connectivity index (χ3n) is 2.96. The molecule has 0 fully saturated rings. The first kappa shape index (κ1) is 11.0. The molecule has 2 atom stereocenters. The number of rotatable bonds is 1. The Morgan fingerprint density at radius 2 is 2.29 bits per heavy atom. The first-order valence-corrected chi connectivity index (χ1v) is 6.39. The van der Waals surface area contributed by atoms with Crippen molar-refractivity contribution in [3.8, 4) is 0 Å².